The second kappa shape index (κ2) is 30.5. The summed E-state index contributed by atoms with van der Waals surface area (Å²) in [5.41, 5.74) is 0. The topological polar surface area (TPSA) is 592 Å². The molecule has 1 unspecified atom stereocenters. The molecule has 3 amide bonds. The van der Waals surface area contributed by atoms with Crippen LogP contribution in [0.5, 0.6) is 0 Å². The van der Waals surface area contributed by atoms with Gasteiger partial charge in [-0.2, -0.15) is 0 Å². The maximum absolute atomic E-state index is 12.7. The summed E-state index contributed by atoms with van der Waals surface area (Å²) in [4.78, 5) is 37.4. The fourth-order valence-corrected chi connectivity index (χ4v) is 10.9. The van der Waals surface area contributed by atoms with E-state index in [1.165, 1.54) is 6.92 Å². The van der Waals surface area contributed by atoms with Crippen molar-refractivity contribution in [1.82, 2.24) is 16.0 Å². The van der Waals surface area contributed by atoms with Gasteiger partial charge in [0.2, 0.25) is 17.7 Å². The third kappa shape index (κ3) is 15.5. The van der Waals surface area contributed by atoms with Crippen LogP contribution in [0, 0.1) is 0 Å². The molecule has 7 rings (SSSR count). The van der Waals surface area contributed by atoms with Gasteiger partial charge in [-0.05, 0) is 6.92 Å². The summed E-state index contributed by atoms with van der Waals surface area (Å²) < 4.78 is 75.2. The first-order chi connectivity index (χ1) is 40.6. The summed E-state index contributed by atoms with van der Waals surface area (Å²) in [6.45, 7) is -1.20. The van der Waals surface area contributed by atoms with Gasteiger partial charge in [-0.25, -0.2) is 0 Å². The Labute approximate surface area is 488 Å². The summed E-state index contributed by atoms with van der Waals surface area (Å²) in [6.07, 6.45) is -59.6. The van der Waals surface area contributed by atoms with E-state index in [4.69, 9.17) is 61.6 Å². The van der Waals surface area contributed by atoms with Gasteiger partial charge in [0.05, 0.1) is 45.7 Å². The molecule has 38 heteroatoms. The molecule has 7 aliphatic rings. The van der Waals surface area contributed by atoms with Crippen molar-refractivity contribution in [3.63, 3.8) is 0 Å². The maximum atomic E-state index is 12.7. The average molecular weight is 1260 g/mol. The fourth-order valence-electron chi connectivity index (χ4n) is 10.9. The number of carbonyl (C=O) groups is 3. The van der Waals surface area contributed by atoms with Crippen molar-refractivity contribution in [3.05, 3.63) is 0 Å². The number of rotatable bonds is 21. The van der Waals surface area contributed by atoms with Crippen LogP contribution in [0.25, 0.3) is 0 Å². The third-order valence-electron chi connectivity index (χ3n) is 15.7. The zero-order valence-electron chi connectivity index (χ0n) is 46.5. The highest BCUT2D eigenvalue weighted by molar-refractivity contribution is 5.74. The highest BCUT2D eigenvalue weighted by atomic mass is 16.8. The Morgan fingerprint density at radius 1 is 0.326 bits per heavy atom. The predicted molar refractivity (Wildman–Crippen MR) is 265 cm³/mol. The van der Waals surface area contributed by atoms with Crippen LogP contribution in [0.15, 0.2) is 0 Å². The number of aliphatic hydroxyl groups is 19. The number of aliphatic hydroxyl groups excluding tert-OH is 19. The molecule has 7 heterocycles. The molecule has 7 aliphatic heterocycles. The lowest BCUT2D eigenvalue weighted by atomic mass is 9.94. The van der Waals surface area contributed by atoms with Crippen LogP contribution in [0.1, 0.15) is 27.7 Å². The molecular weight excluding hydrogens is 1180 g/mol. The van der Waals surface area contributed by atoms with Crippen molar-refractivity contribution < 1.29 is 173 Å². The molecule has 7 fully saturated rings. The Kier molecular flexibility index (Phi) is 25.0. The van der Waals surface area contributed by atoms with Crippen LogP contribution in [-0.2, 0) is 76.0 Å². The molecule has 0 aromatic heterocycles. The van der Waals surface area contributed by atoms with Crippen LogP contribution in [0.4, 0.5) is 0 Å². The van der Waals surface area contributed by atoms with Crippen molar-refractivity contribution >= 4 is 17.7 Å². The standard InChI is InChI=1S/C48H81N3O35/c1-11-24(59)31(66)35(70)45(76-11)74-10-20-40(28(63)21(42(73)77-20)49-12(2)56)83-43-22(50-13(3)57)29(64)39(17(7-54)80-43)85-47-37(72)33(68)27(62)19(82-47)9-75-48-41(34(69)26(61)16(6-53)79-48)86-44-23(51-14(4)58)30(65)38(18(8-55)81-44)84-46-36(71)32(67)25(60)15(5-52)78-46/h11,15-48,52-55,59-73H,5-10H2,1-4H3,(H,49,56)(H,50,57)(H,51,58)/t11-,15+,16+,17+,18+,19+,20+,21+,22+,23+,24+,25-,26+,27+,28+,29+,30+,31+,32-,33-,34-,35-,36+,37-,38+,39+,40+,41-,42?,43-,44-,45+,46-,47-,48-/m0/s1. The van der Waals surface area contributed by atoms with Gasteiger partial charge in [0.15, 0.2) is 44.0 Å². The first-order valence-corrected chi connectivity index (χ1v) is 27.5. The number of ether oxygens (including phenoxy) is 13. The van der Waals surface area contributed by atoms with E-state index in [2.05, 4.69) is 16.0 Å². The van der Waals surface area contributed by atoms with E-state index in [0.717, 1.165) is 20.8 Å². The van der Waals surface area contributed by atoms with E-state index in [9.17, 15) is 111 Å². The lowest BCUT2D eigenvalue weighted by Crippen LogP contribution is -2.70. The Morgan fingerprint density at radius 2 is 0.663 bits per heavy atom. The summed E-state index contributed by atoms with van der Waals surface area (Å²) in [7, 11) is 0. The molecule has 0 aliphatic carbocycles. The van der Waals surface area contributed by atoms with Crippen molar-refractivity contribution in [2.45, 2.75) is 242 Å². The van der Waals surface area contributed by atoms with Gasteiger partial charge in [-0.1, -0.05) is 0 Å². The molecule has 0 bridgehead atoms. The highest BCUT2D eigenvalue weighted by Crippen LogP contribution is 2.37. The molecule has 22 N–H and O–H groups in total. The number of amides is 3. The van der Waals surface area contributed by atoms with Crippen molar-refractivity contribution in [1.29, 1.82) is 0 Å². The molecule has 0 saturated carbocycles. The highest BCUT2D eigenvalue weighted by Gasteiger charge is 2.58. The van der Waals surface area contributed by atoms with Crippen molar-refractivity contribution in [2.75, 3.05) is 39.6 Å². The molecular formula is C48H81N3O35. The molecule has 38 nitrogen and oxygen atoms in total. The summed E-state index contributed by atoms with van der Waals surface area (Å²) >= 11 is 0. The van der Waals surface area contributed by atoms with E-state index in [0.29, 0.717) is 0 Å². The zero-order valence-corrected chi connectivity index (χ0v) is 46.5. The number of hydrogen-bond donors (Lipinski definition) is 22. The van der Waals surface area contributed by atoms with Crippen LogP contribution in [-0.4, -0.2) is 369 Å². The Bertz CT molecular complexity index is 2170. The third-order valence-corrected chi connectivity index (χ3v) is 15.7. The Morgan fingerprint density at radius 3 is 1.14 bits per heavy atom. The molecule has 0 aromatic rings. The second-order valence-corrected chi connectivity index (χ2v) is 21.8. The molecule has 7 saturated heterocycles. The molecule has 35 atom stereocenters. The monoisotopic (exact) mass is 1260 g/mol. The Hall–Kier alpha value is -2.87. The van der Waals surface area contributed by atoms with Crippen LogP contribution in [0.2, 0.25) is 0 Å². The fraction of sp³-hybridized carbons (Fsp3) is 0.938. The van der Waals surface area contributed by atoms with Gasteiger partial charge in [0.25, 0.3) is 0 Å². The molecule has 498 valence electrons. The molecule has 0 aromatic carbocycles. The van der Waals surface area contributed by atoms with Crippen molar-refractivity contribution in [3.8, 4) is 0 Å². The number of carbonyl (C=O) groups excluding carboxylic acids is 3. The summed E-state index contributed by atoms with van der Waals surface area (Å²) in [5.74, 6) is -2.46. The summed E-state index contributed by atoms with van der Waals surface area (Å²) in [5, 5.41) is 212. The van der Waals surface area contributed by atoms with Gasteiger partial charge >= 0.3 is 0 Å². The van der Waals surface area contributed by atoms with Crippen molar-refractivity contribution in [2.24, 2.45) is 0 Å². The molecule has 0 spiro atoms. The normalized spacial score (nSPS) is 49.4. The zero-order chi connectivity index (χ0) is 63.5. The van der Waals surface area contributed by atoms with E-state index in [1.807, 2.05) is 0 Å². The van der Waals surface area contributed by atoms with Gasteiger partial charge in [0, 0.05) is 20.8 Å². The lowest BCUT2D eigenvalue weighted by molar-refractivity contribution is -0.380. The quantitative estimate of drug-likeness (QED) is 0.0507. The largest absolute Gasteiger partial charge is 0.394 e. The van der Waals surface area contributed by atoms with Gasteiger partial charge in [0.1, 0.15) is 165 Å². The lowest BCUT2D eigenvalue weighted by Gasteiger charge is -2.50. The first kappa shape index (κ1) is 70.6. The minimum absolute atomic E-state index is 0.738. The smallest absolute Gasteiger partial charge is 0.217 e. The van der Waals surface area contributed by atoms with E-state index in [1.54, 1.807) is 0 Å². The first-order valence-electron chi connectivity index (χ1n) is 27.5. The minimum Gasteiger partial charge on any atom is -0.394 e. The SMILES string of the molecule is CC(=O)N[C@H]1[C@H](O[C@H]2[C@H](O)[C@@H](NC(C)=O)C(O)O[C@@H]2CO[C@@H]2O[C@@H](C)[C@@H](O)[C@@H](O)[C@@H]2O)O[C@H](CO)[C@@H](O[C@@H]2O[C@H](CO[C@H]3O[C@H](CO)[C@@H](O)[C@H](O)[C@@H]3O[C@@H]3O[C@H](CO)[C@@H](O[C@@H]4O[C@H](CO)[C@H](O)[C@H](O)[C@H]4O)[C@H](O)[C@H]3NC(C)=O)[C@@H](O)[C@H](O)[C@@H]2O)[C@@H]1O. The average Bonchev–Trinajstić information content (AvgIpc) is 2.33. The van der Waals surface area contributed by atoms with Gasteiger partial charge in [-0.3, -0.25) is 14.4 Å². The second-order valence-electron chi connectivity index (χ2n) is 21.8. The van der Waals surface area contributed by atoms with Gasteiger partial charge < -0.3 is 175 Å². The number of hydrogen-bond acceptors (Lipinski definition) is 35. The van der Waals surface area contributed by atoms with Gasteiger partial charge in [-0.15, -0.1) is 0 Å². The maximum Gasteiger partial charge on any atom is 0.217 e. The molecule has 0 radical (unpaired) electrons. The molecule has 86 heavy (non-hydrogen) atoms. The van der Waals surface area contributed by atoms with E-state index in [-0.39, 0.29) is 0 Å². The van der Waals surface area contributed by atoms with Crippen LogP contribution in [0.3, 0.4) is 0 Å². The van der Waals surface area contributed by atoms with E-state index < -0.39 is 272 Å². The number of nitrogens with one attached hydrogen (secondary N) is 3. The van der Waals surface area contributed by atoms with E-state index >= 15 is 0 Å². The van der Waals surface area contributed by atoms with Crippen LogP contribution >= 0.6 is 0 Å². The predicted octanol–water partition coefficient (Wildman–Crippen LogP) is -14.8. The Balaban J connectivity index is 1.07. The van der Waals surface area contributed by atoms with Crippen LogP contribution < -0.4 is 16.0 Å². The minimum atomic E-state index is -2.21. The summed E-state index contributed by atoms with van der Waals surface area (Å²) in [6, 6.07) is -5.17.